The Morgan fingerprint density at radius 3 is 2.15 bits per heavy atom. The highest BCUT2D eigenvalue weighted by atomic mass is 32.2. The first-order chi connectivity index (χ1) is 12.8. The molecule has 0 radical (unpaired) electrons. The van der Waals surface area contributed by atoms with Gasteiger partial charge in [-0.15, -0.1) is 11.8 Å². The zero-order valence-corrected chi connectivity index (χ0v) is 17.5. The number of rotatable bonds is 7. The van der Waals surface area contributed by atoms with E-state index in [1.807, 2.05) is 71.0 Å². The number of hydrogen-bond acceptors (Lipinski definition) is 3. The van der Waals surface area contributed by atoms with Crippen LogP contribution in [0.4, 0.5) is 11.4 Å². The molecule has 0 spiro atoms. The Hall–Kier alpha value is -2.27. The maximum atomic E-state index is 12.9. The number of benzene rings is 2. The third kappa shape index (κ3) is 6.14. The summed E-state index contributed by atoms with van der Waals surface area (Å²) in [7, 11) is 0. The molecule has 2 amide bonds. The van der Waals surface area contributed by atoms with Crippen LogP contribution < -0.4 is 10.2 Å². The minimum absolute atomic E-state index is 0.0237. The van der Waals surface area contributed by atoms with Crippen molar-refractivity contribution < 1.29 is 9.59 Å². The highest BCUT2D eigenvalue weighted by molar-refractivity contribution is 8.01. The number of nitrogens with one attached hydrogen (secondary N) is 1. The summed E-state index contributed by atoms with van der Waals surface area (Å²) in [6.07, 6.45) is 0. The van der Waals surface area contributed by atoms with Gasteiger partial charge in [-0.2, -0.15) is 0 Å². The van der Waals surface area contributed by atoms with E-state index in [1.165, 1.54) is 11.8 Å². The Balaban J connectivity index is 1.94. The fourth-order valence-corrected chi connectivity index (χ4v) is 3.64. The summed E-state index contributed by atoms with van der Waals surface area (Å²) >= 11 is 1.36. The monoisotopic (exact) mass is 384 g/mol. The van der Waals surface area contributed by atoms with Crippen LogP contribution in [0.15, 0.2) is 42.5 Å². The maximum Gasteiger partial charge on any atom is 0.239 e. The van der Waals surface area contributed by atoms with Crippen LogP contribution in [0.2, 0.25) is 0 Å². The summed E-state index contributed by atoms with van der Waals surface area (Å²) in [6, 6.07) is 13.8. The van der Waals surface area contributed by atoms with E-state index in [4.69, 9.17) is 0 Å². The molecular formula is C22H28N2O2S. The van der Waals surface area contributed by atoms with Gasteiger partial charge in [0.05, 0.1) is 11.0 Å². The minimum atomic E-state index is -0.297. The first kappa shape index (κ1) is 21.0. The van der Waals surface area contributed by atoms with Crippen LogP contribution in [0, 0.1) is 20.8 Å². The predicted molar refractivity (Wildman–Crippen MR) is 116 cm³/mol. The van der Waals surface area contributed by atoms with Crippen LogP contribution in [-0.4, -0.2) is 29.4 Å². The number of amides is 2. The van der Waals surface area contributed by atoms with Gasteiger partial charge < -0.3 is 10.2 Å². The number of hydrogen-bond donors (Lipinski definition) is 1. The van der Waals surface area contributed by atoms with Crippen molar-refractivity contribution in [2.24, 2.45) is 0 Å². The number of aryl methyl sites for hydroxylation is 3. The molecule has 144 valence electrons. The average molecular weight is 385 g/mol. The van der Waals surface area contributed by atoms with Gasteiger partial charge in [0.2, 0.25) is 11.8 Å². The molecule has 0 saturated carbocycles. The lowest BCUT2D eigenvalue weighted by Crippen LogP contribution is -2.37. The van der Waals surface area contributed by atoms with Gasteiger partial charge in [-0.05, 0) is 70.0 Å². The first-order valence-corrected chi connectivity index (χ1v) is 10.2. The molecule has 1 unspecified atom stereocenters. The first-order valence-electron chi connectivity index (χ1n) is 9.18. The standard InChI is InChI=1S/C22H28N2O2S/c1-6-24(20-12-16(3)11-17(4)13-20)22(26)18(5)27-14-21(25)23-19-9-7-15(2)8-10-19/h7-13,18H,6,14H2,1-5H3,(H,23,25). The van der Waals surface area contributed by atoms with Gasteiger partial charge in [0.25, 0.3) is 0 Å². The van der Waals surface area contributed by atoms with Crippen LogP contribution in [0.1, 0.15) is 30.5 Å². The lowest BCUT2D eigenvalue weighted by Gasteiger charge is -2.25. The summed E-state index contributed by atoms with van der Waals surface area (Å²) in [5, 5.41) is 2.57. The van der Waals surface area contributed by atoms with Gasteiger partial charge in [-0.25, -0.2) is 0 Å². The fourth-order valence-electron chi connectivity index (χ4n) is 2.90. The Morgan fingerprint density at radius 2 is 1.59 bits per heavy atom. The third-order valence-corrected chi connectivity index (χ3v) is 5.38. The molecule has 0 aliphatic carbocycles. The van der Waals surface area contributed by atoms with Crippen LogP contribution >= 0.6 is 11.8 Å². The molecule has 4 nitrogen and oxygen atoms in total. The molecule has 0 heterocycles. The maximum absolute atomic E-state index is 12.9. The predicted octanol–water partition coefficient (Wildman–Crippen LogP) is 4.73. The second kappa shape index (κ2) is 9.60. The number of carbonyl (C=O) groups is 2. The molecule has 2 rings (SSSR count). The number of nitrogens with zero attached hydrogens (tertiary/aromatic N) is 1. The summed E-state index contributed by atoms with van der Waals surface area (Å²) < 4.78 is 0. The molecule has 1 atom stereocenters. The van der Waals surface area contributed by atoms with Crippen LogP contribution in [0.3, 0.4) is 0 Å². The van der Waals surface area contributed by atoms with Crippen molar-refractivity contribution in [2.45, 2.75) is 39.9 Å². The van der Waals surface area contributed by atoms with E-state index < -0.39 is 0 Å². The van der Waals surface area contributed by atoms with Gasteiger partial charge in [-0.1, -0.05) is 23.8 Å². The SMILES string of the molecule is CCN(C(=O)C(C)SCC(=O)Nc1ccc(C)cc1)c1cc(C)cc(C)c1. The lowest BCUT2D eigenvalue weighted by molar-refractivity contribution is -0.117. The van der Waals surface area contributed by atoms with E-state index in [0.29, 0.717) is 6.54 Å². The van der Waals surface area contributed by atoms with Crippen LogP contribution in [-0.2, 0) is 9.59 Å². The molecule has 2 aromatic rings. The zero-order chi connectivity index (χ0) is 20.0. The lowest BCUT2D eigenvalue weighted by atomic mass is 10.1. The highest BCUT2D eigenvalue weighted by Gasteiger charge is 2.22. The quantitative estimate of drug-likeness (QED) is 0.751. The van der Waals surface area contributed by atoms with Gasteiger partial charge in [-0.3, -0.25) is 9.59 Å². The molecule has 5 heteroatoms. The van der Waals surface area contributed by atoms with Crippen molar-refractivity contribution in [1.82, 2.24) is 0 Å². The Bertz CT molecular complexity index is 782. The van der Waals surface area contributed by atoms with Crippen molar-refractivity contribution in [3.63, 3.8) is 0 Å². The molecular weight excluding hydrogens is 356 g/mol. The van der Waals surface area contributed by atoms with E-state index in [-0.39, 0.29) is 22.8 Å². The summed E-state index contributed by atoms with van der Waals surface area (Å²) in [5.41, 5.74) is 5.10. The van der Waals surface area contributed by atoms with Crippen molar-refractivity contribution >= 4 is 35.0 Å². The molecule has 0 aromatic heterocycles. The highest BCUT2D eigenvalue weighted by Crippen LogP contribution is 2.22. The Morgan fingerprint density at radius 1 is 1.00 bits per heavy atom. The minimum Gasteiger partial charge on any atom is -0.325 e. The third-order valence-electron chi connectivity index (χ3n) is 4.25. The molecule has 0 saturated heterocycles. The molecule has 27 heavy (non-hydrogen) atoms. The molecule has 2 aromatic carbocycles. The van der Waals surface area contributed by atoms with Gasteiger partial charge >= 0.3 is 0 Å². The van der Waals surface area contributed by atoms with Crippen LogP contribution in [0.5, 0.6) is 0 Å². The van der Waals surface area contributed by atoms with E-state index in [2.05, 4.69) is 11.4 Å². The number of thioether (sulfide) groups is 1. The number of anilines is 2. The van der Waals surface area contributed by atoms with Crippen molar-refractivity contribution in [3.05, 3.63) is 59.2 Å². The van der Waals surface area contributed by atoms with Crippen molar-refractivity contribution in [1.29, 1.82) is 0 Å². The van der Waals surface area contributed by atoms with E-state index in [0.717, 1.165) is 28.1 Å². The molecule has 0 aliphatic heterocycles. The summed E-state index contributed by atoms with van der Waals surface area (Å²) in [6.45, 7) is 10.5. The van der Waals surface area contributed by atoms with Crippen LogP contribution in [0.25, 0.3) is 0 Å². The number of carbonyl (C=O) groups excluding carboxylic acids is 2. The largest absolute Gasteiger partial charge is 0.325 e. The average Bonchev–Trinajstić information content (AvgIpc) is 2.61. The molecule has 0 aliphatic rings. The second-order valence-corrected chi connectivity index (χ2v) is 8.12. The van der Waals surface area contributed by atoms with Gasteiger partial charge in [0.15, 0.2) is 0 Å². The molecule has 0 fully saturated rings. The zero-order valence-electron chi connectivity index (χ0n) is 16.7. The molecule has 0 bridgehead atoms. The van der Waals surface area contributed by atoms with E-state index in [1.54, 1.807) is 4.90 Å². The Kier molecular flexibility index (Phi) is 7.48. The Labute approximate surface area is 166 Å². The second-order valence-electron chi connectivity index (χ2n) is 6.80. The summed E-state index contributed by atoms with van der Waals surface area (Å²) in [4.78, 5) is 26.8. The van der Waals surface area contributed by atoms with Crippen molar-refractivity contribution in [3.8, 4) is 0 Å². The molecule has 1 N–H and O–H groups in total. The van der Waals surface area contributed by atoms with Gasteiger partial charge in [0.1, 0.15) is 0 Å². The smallest absolute Gasteiger partial charge is 0.239 e. The van der Waals surface area contributed by atoms with Gasteiger partial charge in [0, 0.05) is 17.9 Å². The van der Waals surface area contributed by atoms with Crippen molar-refractivity contribution in [2.75, 3.05) is 22.5 Å². The van der Waals surface area contributed by atoms with E-state index in [9.17, 15) is 9.59 Å². The topological polar surface area (TPSA) is 49.4 Å². The normalized spacial score (nSPS) is 11.7. The van der Waals surface area contributed by atoms with E-state index >= 15 is 0 Å². The summed E-state index contributed by atoms with van der Waals surface area (Å²) in [5.74, 6) is 0.166. The fraction of sp³-hybridized carbons (Fsp3) is 0.364.